The number of furan rings is 1. The van der Waals surface area contributed by atoms with Gasteiger partial charge in [-0.25, -0.2) is 0 Å². The summed E-state index contributed by atoms with van der Waals surface area (Å²) in [5.41, 5.74) is 1.96. The smallest absolute Gasteiger partial charge is 0.216 e. The molecule has 124 valence electrons. The highest BCUT2D eigenvalue weighted by Gasteiger charge is 2.06. The number of nitrogens with zero attached hydrogens (tertiary/aromatic N) is 3. The Hall–Kier alpha value is -2.38. The van der Waals surface area contributed by atoms with Crippen LogP contribution in [0.5, 0.6) is 5.75 Å². The molecular formula is C16H15ClN4O2S. The molecule has 2 heterocycles. The van der Waals surface area contributed by atoms with Crippen LogP contribution in [0.3, 0.4) is 0 Å². The molecule has 1 N–H and O–H groups in total. The molecule has 0 unspecified atom stereocenters. The van der Waals surface area contributed by atoms with Gasteiger partial charge in [0.25, 0.3) is 0 Å². The second kappa shape index (κ2) is 7.02. The van der Waals surface area contributed by atoms with E-state index in [1.807, 2.05) is 38.1 Å². The minimum absolute atomic E-state index is 0.319. The van der Waals surface area contributed by atoms with Gasteiger partial charge in [0.15, 0.2) is 0 Å². The van der Waals surface area contributed by atoms with Crippen LogP contribution in [-0.4, -0.2) is 21.1 Å². The van der Waals surface area contributed by atoms with Crippen LogP contribution < -0.4 is 4.74 Å². The third-order valence-electron chi connectivity index (χ3n) is 3.32. The highest BCUT2D eigenvalue weighted by Crippen LogP contribution is 2.26. The van der Waals surface area contributed by atoms with E-state index in [9.17, 15) is 0 Å². The maximum Gasteiger partial charge on any atom is 0.216 e. The molecule has 0 radical (unpaired) electrons. The monoisotopic (exact) mass is 362 g/mol. The van der Waals surface area contributed by atoms with E-state index in [0.717, 1.165) is 21.9 Å². The van der Waals surface area contributed by atoms with E-state index in [4.69, 9.17) is 33.0 Å². The van der Waals surface area contributed by atoms with Crippen molar-refractivity contribution in [3.63, 3.8) is 0 Å². The lowest BCUT2D eigenvalue weighted by Gasteiger charge is -2.08. The van der Waals surface area contributed by atoms with Crippen molar-refractivity contribution in [1.29, 1.82) is 0 Å². The number of rotatable bonds is 5. The average Bonchev–Trinajstić information content (AvgIpc) is 3.17. The minimum atomic E-state index is 0.319. The van der Waals surface area contributed by atoms with Gasteiger partial charge in [0, 0.05) is 5.02 Å². The van der Waals surface area contributed by atoms with Crippen molar-refractivity contribution in [1.82, 2.24) is 14.9 Å². The van der Waals surface area contributed by atoms with E-state index in [2.05, 4.69) is 15.3 Å². The molecule has 0 bridgehead atoms. The third-order valence-corrected chi connectivity index (χ3v) is 4.19. The Balaban J connectivity index is 1.65. The number of hydrogen-bond acceptors (Lipinski definition) is 5. The molecular weight excluding hydrogens is 348 g/mol. The first-order chi connectivity index (χ1) is 11.5. The zero-order chi connectivity index (χ0) is 17.1. The fourth-order valence-electron chi connectivity index (χ4n) is 2.13. The Morgan fingerprint density at radius 3 is 2.79 bits per heavy atom. The van der Waals surface area contributed by atoms with Crippen LogP contribution >= 0.6 is 23.8 Å². The summed E-state index contributed by atoms with van der Waals surface area (Å²) in [5.74, 6) is 2.04. The van der Waals surface area contributed by atoms with Crippen LogP contribution in [0.1, 0.15) is 22.6 Å². The summed E-state index contributed by atoms with van der Waals surface area (Å²) in [6.45, 7) is 4.22. The summed E-state index contributed by atoms with van der Waals surface area (Å²) < 4.78 is 13.3. The number of aromatic amines is 1. The van der Waals surface area contributed by atoms with Crippen LogP contribution in [0.25, 0.3) is 0 Å². The molecule has 24 heavy (non-hydrogen) atoms. The number of hydrogen-bond donors (Lipinski definition) is 1. The molecule has 2 aromatic heterocycles. The Kier molecular flexibility index (Phi) is 4.82. The van der Waals surface area contributed by atoms with Gasteiger partial charge in [0.2, 0.25) is 4.77 Å². The van der Waals surface area contributed by atoms with Crippen LogP contribution in [0.2, 0.25) is 5.02 Å². The Morgan fingerprint density at radius 2 is 2.12 bits per heavy atom. The highest BCUT2D eigenvalue weighted by molar-refractivity contribution is 7.71. The summed E-state index contributed by atoms with van der Waals surface area (Å²) in [5, 5.41) is 11.3. The number of aryl methyl sites for hydroxylation is 2. The second-order valence-electron chi connectivity index (χ2n) is 5.21. The molecule has 3 rings (SSSR count). The molecule has 0 spiro atoms. The fraction of sp³-hybridized carbons (Fsp3) is 0.188. The lowest BCUT2D eigenvalue weighted by molar-refractivity contribution is 0.269. The van der Waals surface area contributed by atoms with Crippen molar-refractivity contribution < 1.29 is 9.15 Å². The summed E-state index contributed by atoms with van der Waals surface area (Å²) in [4.78, 5) is 0. The first-order valence-electron chi connectivity index (χ1n) is 7.17. The van der Waals surface area contributed by atoms with Gasteiger partial charge in [-0.1, -0.05) is 11.6 Å². The number of ether oxygens (including phenoxy) is 1. The van der Waals surface area contributed by atoms with E-state index in [1.54, 1.807) is 6.21 Å². The predicted molar refractivity (Wildman–Crippen MR) is 94.4 cm³/mol. The number of aromatic nitrogens is 3. The van der Waals surface area contributed by atoms with Crippen molar-refractivity contribution in [2.75, 3.05) is 0 Å². The molecule has 0 saturated carbocycles. The van der Waals surface area contributed by atoms with Gasteiger partial charge >= 0.3 is 0 Å². The summed E-state index contributed by atoms with van der Waals surface area (Å²) in [6, 6.07) is 7.46. The van der Waals surface area contributed by atoms with Crippen molar-refractivity contribution in [2.45, 2.75) is 20.5 Å². The first kappa shape index (κ1) is 16.5. The molecule has 8 heteroatoms. The normalized spacial score (nSPS) is 11.3. The highest BCUT2D eigenvalue weighted by atomic mass is 35.5. The summed E-state index contributed by atoms with van der Waals surface area (Å²) in [6.07, 6.45) is 3.04. The number of halogens is 1. The molecule has 0 aliphatic heterocycles. The Bertz CT molecular complexity index is 918. The van der Waals surface area contributed by atoms with Crippen molar-refractivity contribution in [3.8, 4) is 5.75 Å². The zero-order valence-corrected chi connectivity index (χ0v) is 14.7. The number of benzene rings is 1. The maximum atomic E-state index is 6.15. The molecule has 6 nitrogen and oxygen atoms in total. The number of H-pyrrole nitrogens is 1. The van der Waals surface area contributed by atoms with Crippen molar-refractivity contribution in [3.05, 3.63) is 63.0 Å². The molecule has 1 aromatic carbocycles. The number of nitrogens with one attached hydrogen (secondary N) is 1. The first-order valence-corrected chi connectivity index (χ1v) is 7.96. The SMILES string of the molecule is Cc1cc(OCc2ccc(C=Nn3cn[nH]c3=S)o2)cc(C)c1Cl. The molecule has 0 aliphatic rings. The van der Waals surface area contributed by atoms with Gasteiger partial charge in [-0.2, -0.15) is 14.9 Å². The second-order valence-corrected chi connectivity index (χ2v) is 5.98. The maximum absolute atomic E-state index is 6.15. The Labute approximate surface area is 148 Å². The van der Waals surface area contributed by atoms with E-state index >= 15 is 0 Å². The van der Waals surface area contributed by atoms with Crippen LogP contribution in [0.4, 0.5) is 0 Å². The largest absolute Gasteiger partial charge is 0.486 e. The van der Waals surface area contributed by atoms with Gasteiger partial charge < -0.3 is 9.15 Å². The van der Waals surface area contributed by atoms with E-state index in [0.29, 0.717) is 22.9 Å². The summed E-state index contributed by atoms with van der Waals surface area (Å²) in [7, 11) is 0. The minimum Gasteiger partial charge on any atom is -0.486 e. The van der Waals surface area contributed by atoms with Gasteiger partial charge in [-0.15, -0.1) is 0 Å². The molecule has 0 aliphatic carbocycles. The molecule has 0 amide bonds. The van der Waals surface area contributed by atoms with Crippen molar-refractivity contribution >= 4 is 30.0 Å². The average molecular weight is 363 g/mol. The van der Waals surface area contributed by atoms with Gasteiger partial charge in [-0.05, 0) is 61.5 Å². The lowest BCUT2D eigenvalue weighted by atomic mass is 10.1. The Morgan fingerprint density at radius 1 is 1.38 bits per heavy atom. The molecule has 0 atom stereocenters. The van der Waals surface area contributed by atoms with Crippen LogP contribution in [-0.2, 0) is 6.61 Å². The zero-order valence-electron chi connectivity index (χ0n) is 13.1. The van der Waals surface area contributed by atoms with Crippen LogP contribution in [0, 0.1) is 18.6 Å². The third kappa shape index (κ3) is 3.74. The van der Waals surface area contributed by atoms with Gasteiger partial charge in [0.05, 0.1) is 6.21 Å². The van der Waals surface area contributed by atoms with E-state index < -0.39 is 0 Å². The quantitative estimate of drug-likeness (QED) is 0.543. The fourth-order valence-corrected chi connectivity index (χ4v) is 2.39. The van der Waals surface area contributed by atoms with Crippen molar-refractivity contribution in [2.24, 2.45) is 5.10 Å². The topological polar surface area (TPSA) is 68.3 Å². The molecule has 0 fully saturated rings. The van der Waals surface area contributed by atoms with Crippen LogP contribution in [0.15, 0.2) is 40.1 Å². The molecule has 0 saturated heterocycles. The van der Waals surface area contributed by atoms with E-state index in [-0.39, 0.29) is 0 Å². The standard InChI is InChI=1S/C16H15ClN4O2S/c1-10-5-14(6-11(2)15(10)17)22-8-13-4-3-12(23-13)7-19-21-9-18-20-16(21)24/h3-7,9H,8H2,1-2H3,(H,20,24). The lowest BCUT2D eigenvalue weighted by Crippen LogP contribution is -1.95. The van der Waals surface area contributed by atoms with Gasteiger partial charge in [0.1, 0.15) is 30.2 Å². The summed E-state index contributed by atoms with van der Waals surface area (Å²) >= 11 is 11.2. The molecule has 3 aromatic rings. The van der Waals surface area contributed by atoms with E-state index in [1.165, 1.54) is 11.0 Å². The predicted octanol–water partition coefficient (Wildman–Crippen LogP) is 4.27. The van der Waals surface area contributed by atoms with Gasteiger partial charge in [-0.3, -0.25) is 5.10 Å².